The lowest BCUT2D eigenvalue weighted by molar-refractivity contribution is 0.185. The number of nitrogens with zero attached hydrogens (tertiary/aromatic N) is 1. The van der Waals surface area contributed by atoms with E-state index in [1.54, 1.807) is 19.3 Å². The van der Waals surface area contributed by atoms with E-state index >= 15 is 0 Å². The molecule has 0 spiro atoms. The molecule has 0 saturated carbocycles. The predicted octanol–water partition coefficient (Wildman–Crippen LogP) is 2.34. The third-order valence-corrected chi connectivity index (χ3v) is 9.95. The third-order valence-electron chi connectivity index (χ3n) is 5.79. The van der Waals surface area contributed by atoms with Crippen LogP contribution in [0.2, 0.25) is 0 Å². The fourth-order valence-corrected chi connectivity index (χ4v) is 8.99. The Hall–Kier alpha value is -1.75. The summed E-state index contributed by atoms with van der Waals surface area (Å²) in [6.45, 7) is 7.46. The molecule has 2 aromatic rings. The summed E-state index contributed by atoms with van der Waals surface area (Å²) < 4.78 is 71.2. The van der Waals surface area contributed by atoms with Gasteiger partial charge in [-0.15, -0.1) is 0 Å². The second kappa shape index (κ2) is 9.40. The highest BCUT2D eigenvalue weighted by Crippen LogP contribution is 2.29. The van der Waals surface area contributed by atoms with Crippen LogP contribution in [-0.2, 0) is 19.7 Å². The van der Waals surface area contributed by atoms with Gasteiger partial charge in [0.05, 0.1) is 29.1 Å². The summed E-state index contributed by atoms with van der Waals surface area (Å²) in [4.78, 5) is 1.69. The van der Waals surface area contributed by atoms with Crippen LogP contribution >= 0.6 is 0 Å². The molecule has 1 aliphatic heterocycles. The zero-order chi connectivity index (χ0) is 22.8. The summed E-state index contributed by atoms with van der Waals surface area (Å²) in [5.74, 6) is -1.00. The molecule has 0 amide bonds. The fraction of sp³-hybridized carbons (Fsp3) is 0.524. The smallest absolute Gasteiger partial charge is 0.186 e. The molecule has 10 heteroatoms. The van der Waals surface area contributed by atoms with E-state index in [9.17, 15) is 21.2 Å². The van der Waals surface area contributed by atoms with Crippen LogP contribution < -0.4 is 5.32 Å². The van der Waals surface area contributed by atoms with Gasteiger partial charge in [0, 0.05) is 12.6 Å². The Morgan fingerprint density at radius 1 is 1.23 bits per heavy atom. The molecule has 1 N–H and O–H groups in total. The van der Waals surface area contributed by atoms with E-state index in [1.807, 2.05) is 19.9 Å². The van der Waals surface area contributed by atoms with E-state index in [0.29, 0.717) is 17.9 Å². The second-order valence-corrected chi connectivity index (χ2v) is 12.2. The molecular formula is C21H29FN2O5S2. The molecule has 1 aliphatic rings. The molecule has 1 unspecified atom stereocenters. The summed E-state index contributed by atoms with van der Waals surface area (Å²) in [6.07, 6.45) is 1.57. The van der Waals surface area contributed by atoms with Crippen molar-refractivity contribution in [2.45, 2.75) is 43.0 Å². The zero-order valence-electron chi connectivity index (χ0n) is 17.9. The number of furan rings is 1. The number of sulfone groups is 2. The minimum atomic E-state index is -4.20. The van der Waals surface area contributed by atoms with E-state index in [2.05, 4.69) is 10.2 Å². The third kappa shape index (κ3) is 5.19. The van der Waals surface area contributed by atoms with Gasteiger partial charge in [0.1, 0.15) is 16.5 Å². The quantitative estimate of drug-likeness (QED) is 0.598. The van der Waals surface area contributed by atoms with Crippen molar-refractivity contribution in [2.75, 3.05) is 31.1 Å². The van der Waals surface area contributed by atoms with Crippen LogP contribution in [0.5, 0.6) is 0 Å². The minimum Gasteiger partial charge on any atom is -0.468 e. The van der Waals surface area contributed by atoms with E-state index in [1.165, 1.54) is 12.1 Å². The van der Waals surface area contributed by atoms with Gasteiger partial charge in [0.2, 0.25) is 0 Å². The number of benzene rings is 1. The van der Waals surface area contributed by atoms with Crippen molar-refractivity contribution >= 4 is 19.7 Å². The van der Waals surface area contributed by atoms with E-state index in [0.717, 1.165) is 19.2 Å². The number of likely N-dealkylation sites (N-methyl/N-ethyl adjacent to an activating group) is 1. The van der Waals surface area contributed by atoms with Crippen molar-refractivity contribution in [3.63, 3.8) is 0 Å². The molecule has 0 bridgehead atoms. The van der Waals surface area contributed by atoms with Crippen LogP contribution in [-0.4, -0.2) is 64.2 Å². The van der Waals surface area contributed by atoms with Crippen molar-refractivity contribution in [3.05, 3.63) is 53.7 Å². The molecule has 31 heavy (non-hydrogen) atoms. The largest absolute Gasteiger partial charge is 0.468 e. The van der Waals surface area contributed by atoms with Gasteiger partial charge in [-0.25, -0.2) is 21.2 Å². The normalized spacial score (nSPS) is 22.1. The van der Waals surface area contributed by atoms with Gasteiger partial charge >= 0.3 is 0 Å². The molecule has 7 nitrogen and oxygen atoms in total. The molecule has 1 fully saturated rings. The maximum atomic E-state index is 14.4. The monoisotopic (exact) mass is 472 g/mol. The molecule has 1 saturated heterocycles. The Morgan fingerprint density at radius 3 is 2.55 bits per heavy atom. The summed E-state index contributed by atoms with van der Waals surface area (Å²) in [5, 5.41) is 1.89. The van der Waals surface area contributed by atoms with Gasteiger partial charge in [-0.3, -0.25) is 4.90 Å². The number of aryl methyl sites for hydroxylation is 1. The highest BCUT2D eigenvalue weighted by molar-refractivity contribution is 7.96. The molecule has 1 aromatic heterocycles. The zero-order valence-corrected chi connectivity index (χ0v) is 19.5. The molecule has 0 aliphatic carbocycles. The van der Waals surface area contributed by atoms with Gasteiger partial charge in [-0.05, 0) is 49.8 Å². The predicted molar refractivity (Wildman–Crippen MR) is 117 cm³/mol. The number of rotatable bonds is 9. The maximum absolute atomic E-state index is 14.4. The van der Waals surface area contributed by atoms with E-state index < -0.39 is 47.4 Å². The van der Waals surface area contributed by atoms with Crippen molar-refractivity contribution in [3.8, 4) is 0 Å². The molecule has 3 rings (SSSR count). The van der Waals surface area contributed by atoms with Crippen LogP contribution in [0.3, 0.4) is 0 Å². The summed E-state index contributed by atoms with van der Waals surface area (Å²) in [5.41, 5.74) is 0.588. The Labute approximate surface area is 183 Å². The number of hydrogen-bond donors (Lipinski definition) is 1. The van der Waals surface area contributed by atoms with Crippen molar-refractivity contribution in [2.24, 2.45) is 0 Å². The lowest BCUT2D eigenvalue weighted by Gasteiger charge is -2.30. The molecule has 0 radical (unpaired) electrons. The Bertz CT molecular complexity index is 1100. The number of hydrogen-bond acceptors (Lipinski definition) is 7. The maximum Gasteiger partial charge on any atom is 0.186 e. The lowest BCUT2D eigenvalue weighted by atomic mass is 10.1. The number of halogens is 1. The highest BCUT2D eigenvalue weighted by atomic mass is 32.2. The molecule has 3 atom stereocenters. The van der Waals surface area contributed by atoms with Crippen LogP contribution in [0.4, 0.5) is 4.39 Å². The summed E-state index contributed by atoms with van der Waals surface area (Å²) in [7, 11) is -7.79. The van der Waals surface area contributed by atoms with E-state index in [-0.39, 0.29) is 11.8 Å². The van der Waals surface area contributed by atoms with E-state index in [4.69, 9.17) is 4.42 Å². The Kier molecular flexibility index (Phi) is 7.25. The SMILES string of the molecule is CCN(CC)C(CN[C@H]1CS(=O)(=O)C[C@@H]1S(=O)(=O)c1cc(C)ccc1F)c1ccco1. The van der Waals surface area contributed by atoms with Crippen LogP contribution in [0.1, 0.15) is 31.2 Å². The van der Waals surface area contributed by atoms with Gasteiger partial charge in [-0.1, -0.05) is 19.9 Å². The molecule has 172 valence electrons. The summed E-state index contributed by atoms with van der Waals surface area (Å²) >= 11 is 0. The van der Waals surface area contributed by atoms with Crippen LogP contribution in [0, 0.1) is 12.7 Å². The standard InChI is InChI=1S/C21H29FN2O5S2/c1-4-24(5-2)18(19-7-6-10-29-19)12-23-17-13-30(25,26)14-21(17)31(27,28)20-11-15(3)8-9-16(20)22/h6-11,17-18,21,23H,4-5,12-14H2,1-3H3/t17-,18?,21-/m0/s1. The van der Waals surface area contributed by atoms with Crippen LogP contribution in [0.15, 0.2) is 45.9 Å². The topological polar surface area (TPSA) is 96.7 Å². The Balaban J connectivity index is 1.89. The fourth-order valence-electron chi connectivity index (χ4n) is 4.12. The molecular weight excluding hydrogens is 443 g/mol. The van der Waals surface area contributed by atoms with Crippen molar-refractivity contribution in [1.29, 1.82) is 0 Å². The Morgan fingerprint density at radius 2 is 1.94 bits per heavy atom. The van der Waals surface area contributed by atoms with Gasteiger partial charge in [0.15, 0.2) is 19.7 Å². The second-order valence-electron chi connectivity index (χ2n) is 7.86. The average molecular weight is 473 g/mol. The lowest BCUT2D eigenvalue weighted by Crippen LogP contribution is -2.47. The van der Waals surface area contributed by atoms with Crippen molar-refractivity contribution in [1.82, 2.24) is 10.2 Å². The highest BCUT2D eigenvalue weighted by Gasteiger charge is 2.46. The minimum absolute atomic E-state index is 0.188. The molecule has 2 heterocycles. The van der Waals surface area contributed by atoms with Crippen molar-refractivity contribution < 1.29 is 25.6 Å². The van der Waals surface area contributed by atoms with Gasteiger partial charge < -0.3 is 9.73 Å². The first-order valence-corrected chi connectivity index (χ1v) is 13.7. The molecule has 1 aromatic carbocycles. The van der Waals surface area contributed by atoms with Gasteiger partial charge in [-0.2, -0.15) is 0 Å². The van der Waals surface area contributed by atoms with Crippen LogP contribution in [0.25, 0.3) is 0 Å². The van der Waals surface area contributed by atoms with Gasteiger partial charge in [0.25, 0.3) is 0 Å². The first-order valence-electron chi connectivity index (χ1n) is 10.3. The first kappa shape index (κ1) is 23.9. The summed E-state index contributed by atoms with van der Waals surface area (Å²) in [6, 6.07) is 6.42. The first-order chi connectivity index (χ1) is 14.6. The number of nitrogens with one attached hydrogen (secondary N) is 1. The average Bonchev–Trinajstić information content (AvgIpc) is 3.34.